The maximum Gasteiger partial charge on any atom is 0.0704 e. The quantitative estimate of drug-likeness (QED) is 0.126. The lowest BCUT2D eigenvalue weighted by Crippen LogP contribution is -2.33. The highest BCUT2D eigenvalue weighted by molar-refractivity contribution is 5.94. The number of hydrogen-bond acceptors (Lipinski definition) is 1. The molecule has 0 fully saturated rings. The van der Waals surface area contributed by atoms with Crippen LogP contribution in [0, 0.1) is 6.92 Å². The average Bonchev–Trinajstić information content (AvgIpc) is 3.30. The molecule has 7 aromatic rings. The van der Waals surface area contributed by atoms with E-state index < -0.39 is 5.41 Å². The Bertz CT molecular complexity index is 2830. The summed E-state index contributed by atoms with van der Waals surface area (Å²) < 4.78 is 0. The molecular weight excluding hydrogens is 735 g/mol. The summed E-state index contributed by atoms with van der Waals surface area (Å²) in [5, 5.41) is 4.79. The van der Waals surface area contributed by atoms with Crippen LogP contribution in [0.3, 0.4) is 0 Å². The molecule has 7 aromatic carbocycles. The number of hydrogen-bond donors (Lipinski definition) is 1. The van der Waals surface area contributed by atoms with Gasteiger partial charge in [-0.25, -0.2) is 0 Å². The van der Waals surface area contributed by atoms with Crippen molar-refractivity contribution in [2.24, 2.45) is 0 Å². The Morgan fingerprint density at radius 1 is 0.607 bits per heavy atom. The summed E-state index contributed by atoms with van der Waals surface area (Å²) >= 11 is 0. The smallest absolute Gasteiger partial charge is 0.0704 e. The summed E-state index contributed by atoms with van der Waals surface area (Å²) in [4.78, 5) is 0. The monoisotopic (exact) mass is 787 g/mol. The maximum atomic E-state index is 5.52. The molecule has 0 radical (unpaired) electrons. The molecule has 0 saturated heterocycles. The third-order valence-corrected chi connectivity index (χ3v) is 11.2. The normalized spacial score (nSPS) is 18.5. The second-order valence-electron chi connectivity index (χ2n) is 15.2. The van der Waals surface area contributed by atoms with Crippen LogP contribution in [-0.4, -0.2) is 0 Å². The molecule has 0 aliphatic heterocycles. The number of allylic oxidation sites excluding steroid dienone is 15. The standard InChI is InChI=1S/C53H44.C7H9N/c1-3-4-5-15-33-50-49-32-20-18-28-45(49)36-38-52(50)53(48-37-35-44-27-16-17-31-47(44)40-48)41(2)22-9-6-10-23-42(39-43-24-11-7-12-25-43)26-13-8-14-29-46-30-19-21-34-51(46)53;1-6-4-2-3-5-7(6)8/h3-28,30-38,40H,1-2,29,39H2;2-5H,8H2,1H3/b5-4-,10-6+,14-8-,22-9+,26-13-,33-15-,42-23+;. The molecule has 0 saturated carbocycles. The van der Waals surface area contributed by atoms with Gasteiger partial charge in [0.1, 0.15) is 0 Å². The third-order valence-electron chi connectivity index (χ3n) is 11.2. The van der Waals surface area contributed by atoms with Crippen LogP contribution in [0.15, 0.2) is 261 Å². The highest BCUT2D eigenvalue weighted by Crippen LogP contribution is 2.50. The Labute approximate surface area is 362 Å². The molecule has 0 spiro atoms. The molecular formula is C60H53N. The summed E-state index contributed by atoms with van der Waals surface area (Å²) in [6, 6.07) is 56.2. The zero-order valence-corrected chi connectivity index (χ0v) is 35.0. The molecule has 1 nitrogen and oxygen atoms in total. The van der Waals surface area contributed by atoms with Crippen LogP contribution >= 0.6 is 0 Å². The molecule has 1 heteroatoms. The first-order valence-corrected chi connectivity index (χ1v) is 21.0. The molecule has 1 aliphatic carbocycles. The first-order chi connectivity index (χ1) is 30.0. The van der Waals surface area contributed by atoms with Gasteiger partial charge in [0.25, 0.3) is 0 Å². The van der Waals surface area contributed by atoms with E-state index in [1.807, 2.05) is 49.4 Å². The van der Waals surface area contributed by atoms with Gasteiger partial charge in [-0.05, 0) is 104 Å². The third kappa shape index (κ3) is 9.87. The molecule has 1 unspecified atom stereocenters. The largest absolute Gasteiger partial charge is 0.399 e. The van der Waals surface area contributed by atoms with Crippen molar-refractivity contribution >= 4 is 33.3 Å². The van der Waals surface area contributed by atoms with E-state index in [1.165, 1.54) is 54.9 Å². The zero-order valence-electron chi connectivity index (χ0n) is 35.0. The molecule has 8 rings (SSSR count). The van der Waals surface area contributed by atoms with Gasteiger partial charge in [0.15, 0.2) is 0 Å². The fourth-order valence-electron chi connectivity index (χ4n) is 8.16. The van der Waals surface area contributed by atoms with E-state index in [4.69, 9.17) is 12.3 Å². The summed E-state index contributed by atoms with van der Waals surface area (Å²) in [7, 11) is 0. The number of para-hydroxylation sites is 1. The summed E-state index contributed by atoms with van der Waals surface area (Å²) in [6.07, 6.45) is 31.5. The zero-order chi connectivity index (χ0) is 42.3. The van der Waals surface area contributed by atoms with Gasteiger partial charge in [-0.1, -0.05) is 244 Å². The SMILES string of the molecule is C=C/C=C\C=C/c1c(C2(c3ccc4ccccc4c3)C(=C)/C=C/C=C/C=C(Cc3ccccc3)\C=C/C=C\Cc3ccccc32)ccc2ccccc12.Cc1ccccc1N. The molecule has 61 heavy (non-hydrogen) atoms. The van der Waals surface area contributed by atoms with Gasteiger partial charge in [0, 0.05) is 5.69 Å². The van der Waals surface area contributed by atoms with E-state index in [0.717, 1.165) is 35.2 Å². The van der Waals surface area contributed by atoms with Crippen LogP contribution in [0.25, 0.3) is 27.6 Å². The number of nitrogen functional groups attached to an aromatic ring is 1. The Morgan fingerprint density at radius 3 is 2.11 bits per heavy atom. The first kappa shape index (κ1) is 41.7. The Morgan fingerprint density at radius 2 is 1.31 bits per heavy atom. The van der Waals surface area contributed by atoms with Crippen LogP contribution in [0.4, 0.5) is 5.69 Å². The van der Waals surface area contributed by atoms with Gasteiger partial charge in [0.05, 0.1) is 5.41 Å². The Kier molecular flexibility index (Phi) is 14.0. The van der Waals surface area contributed by atoms with Crippen LogP contribution < -0.4 is 5.73 Å². The van der Waals surface area contributed by atoms with Gasteiger partial charge in [-0.2, -0.15) is 0 Å². The molecule has 0 heterocycles. The lowest BCUT2D eigenvalue weighted by molar-refractivity contribution is 0.737. The van der Waals surface area contributed by atoms with E-state index >= 15 is 0 Å². The number of aryl methyl sites for hydroxylation is 1. The molecule has 0 aromatic heterocycles. The molecule has 2 N–H and O–H groups in total. The van der Waals surface area contributed by atoms with E-state index in [0.29, 0.717) is 0 Å². The number of benzene rings is 7. The highest BCUT2D eigenvalue weighted by atomic mass is 14.5. The lowest BCUT2D eigenvalue weighted by Gasteiger charge is -2.40. The highest BCUT2D eigenvalue weighted by Gasteiger charge is 2.41. The molecule has 0 amide bonds. The van der Waals surface area contributed by atoms with Crippen LogP contribution in [0.1, 0.15) is 38.9 Å². The molecule has 298 valence electrons. The number of nitrogens with two attached hydrogens (primary N) is 1. The predicted molar refractivity (Wildman–Crippen MR) is 266 cm³/mol. The van der Waals surface area contributed by atoms with E-state index in [2.05, 4.69) is 207 Å². The molecule has 0 bridgehead atoms. The van der Waals surface area contributed by atoms with Crippen molar-refractivity contribution in [3.8, 4) is 0 Å². The van der Waals surface area contributed by atoms with Crippen molar-refractivity contribution in [2.45, 2.75) is 25.2 Å². The van der Waals surface area contributed by atoms with Crippen LogP contribution in [0.2, 0.25) is 0 Å². The second kappa shape index (κ2) is 20.5. The molecule has 1 atom stereocenters. The maximum absolute atomic E-state index is 5.52. The van der Waals surface area contributed by atoms with E-state index in [9.17, 15) is 0 Å². The van der Waals surface area contributed by atoms with Crippen molar-refractivity contribution in [2.75, 3.05) is 5.73 Å². The Hall–Kier alpha value is -7.48. The van der Waals surface area contributed by atoms with E-state index in [-0.39, 0.29) is 0 Å². The van der Waals surface area contributed by atoms with Gasteiger partial charge in [-0.3, -0.25) is 0 Å². The van der Waals surface area contributed by atoms with Crippen molar-refractivity contribution in [1.82, 2.24) is 0 Å². The van der Waals surface area contributed by atoms with Gasteiger partial charge in [-0.15, -0.1) is 0 Å². The topological polar surface area (TPSA) is 26.0 Å². The number of fused-ring (bicyclic) bond motifs is 3. The minimum atomic E-state index is -0.741. The Balaban J connectivity index is 0.000000630. The van der Waals surface area contributed by atoms with Gasteiger partial charge >= 0.3 is 0 Å². The van der Waals surface area contributed by atoms with Crippen LogP contribution in [-0.2, 0) is 18.3 Å². The fourth-order valence-corrected chi connectivity index (χ4v) is 8.16. The lowest BCUT2D eigenvalue weighted by atomic mass is 9.62. The van der Waals surface area contributed by atoms with Crippen LogP contribution in [0.5, 0.6) is 0 Å². The van der Waals surface area contributed by atoms with Gasteiger partial charge in [0.2, 0.25) is 0 Å². The second-order valence-corrected chi connectivity index (χ2v) is 15.2. The number of rotatable bonds is 7. The average molecular weight is 788 g/mol. The number of anilines is 1. The van der Waals surface area contributed by atoms with Crippen molar-refractivity contribution < 1.29 is 0 Å². The summed E-state index contributed by atoms with van der Waals surface area (Å²) in [5.41, 5.74) is 16.3. The minimum Gasteiger partial charge on any atom is -0.399 e. The fraction of sp³-hybridized carbons (Fsp3) is 0.0667. The summed E-state index contributed by atoms with van der Waals surface area (Å²) in [6.45, 7) is 10.9. The first-order valence-electron chi connectivity index (χ1n) is 21.0. The molecule has 1 aliphatic rings. The van der Waals surface area contributed by atoms with Gasteiger partial charge < -0.3 is 5.73 Å². The van der Waals surface area contributed by atoms with Crippen molar-refractivity contribution in [3.63, 3.8) is 0 Å². The van der Waals surface area contributed by atoms with E-state index in [1.54, 1.807) is 0 Å². The predicted octanol–water partition coefficient (Wildman–Crippen LogP) is 15.2. The van der Waals surface area contributed by atoms with Crippen molar-refractivity contribution in [3.05, 3.63) is 300 Å². The summed E-state index contributed by atoms with van der Waals surface area (Å²) in [5.74, 6) is 0. The van der Waals surface area contributed by atoms with Crippen molar-refractivity contribution in [1.29, 1.82) is 0 Å². The minimum absolute atomic E-state index is 0.741.